The summed E-state index contributed by atoms with van der Waals surface area (Å²) in [6.45, 7) is 4.59. The highest BCUT2D eigenvalue weighted by Crippen LogP contribution is 2.22. The topological polar surface area (TPSA) is 60.3 Å². The van der Waals surface area contributed by atoms with E-state index in [2.05, 4.69) is 5.32 Å². The van der Waals surface area contributed by atoms with Gasteiger partial charge in [0.2, 0.25) is 0 Å². The molecule has 2 aromatic carbocycles. The standard InChI is InChI=1S/C23H26N2O3/c1-16(2)13-19(23(27)28-3)24-22(26)21-14-18-11-7-8-12-20(18)25(21)15-17-9-5-4-6-10-17/h4-12,14,16,19H,13,15H2,1-3H3,(H,24,26). The van der Waals surface area contributed by atoms with Crippen molar-refractivity contribution in [1.29, 1.82) is 0 Å². The number of hydrogen-bond acceptors (Lipinski definition) is 3. The molecule has 1 atom stereocenters. The van der Waals surface area contributed by atoms with Gasteiger partial charge < -0.3 is 14.6 Å². The minimum Gasteiger partial charge on any atom is -0.467 e. The van der Waals surface area contributed by atoms with Gasteiger partial charge in [0.05, 0.1) is 7.11 Å². The summed E-state index contributed by atoms with van der Waals surface area (Å²) in [5.41, 5.74) is 2.61. The van der Waals surface area contributed by atoms with E-state index in [1.165, 1.54) is 7.11 Å². The van der Waals surface area contributed by atoms with E-state index in [1.807, 2.05) is 79.1 Å². The minimum absolute atomic E-state index is 0.250. The lowest BCUT2D eigenvalue weighted by atomic mass is 10.0. The van der Waals surface area contributed by atoms with Crippen LogP contribution in [0.25, 0.3) is 10.9 Å². The molecule has 0 spiro atoms. The molecule has 1 aromatic heterocycles. The van der Waals surface area contributed by atoms with Crippen molar-refractivity contribution < 1.29 is 14.3 Å². The van der Waals surface area contributed by atoms with E-state index in [-0.39, 0.29) is 11.8 Å². The van der Waals surface area contributed by atoms with Gasteiger partial charge in [0.15, 0.2) is 0 Å². The van der Waals surface area contributed by atoms with Crippen LogP contribution in [0.4, 0.5) is 0 Å². The molecule has 5 nitrogen and oxygen atoms in total. The highest BCUT2D eigenvalue weighted by atomic mass is 16.5. The van der Waals surface area contributed by atoms with Gasteiger partial charge in [-0.25, -0.2) is 4.79 Å². The van der Waals surface area contributed by atoms with E-state index in [4.69, 9.17) is 4.74 Å². The molecule has 0 aliphatic heterocycles. The summed E-state index contributed by atoms with van der Waals surface area (Å²) in [5.74, 6) is -0.449. The van der Waals surface area contributed by atoms with Crippen molar-refractivity contribution in [3.8, 4) is 0 Å². The van der Waals surface area contributed by atoms with Crippen LogP contribution in [0, 0.1) is 5.92 Å². The quantitative estimate of drug-likeness (QED) is 0.632. The van der Waals surface area contributed by atoms with E-state index < -0.39 is 12.0 Å². The molecule has 1 unspecified atom stereocenters. The zero-order valence-electron chi connectivity index (χ0n) is 16.5. The first kappa shape index (κ1) is 19.7. The molecule has 3 aromatic rings. The van der Waals surface area contributed by atoms with Crippen molar-refractivity contribution in [1.82, 2.24) is 9.88 Å². The number of fused-ring (bicyclic) bond motifs is 1. The van der Waals surface area contributed by atoms with Crippen molar-refractivity contribution in [2.24, 2.45) is 5.92 Å². The van der Waals surface area contributed by atoms with E-state index in [1.54, 1.807) is 0 Å². The Bertz CT molecular complexity index is 960. The average Bonchev–Trinajstić information content (AvgIpc) is 3.06. The molecule has 3 rings (SSSR count). The molecule has 28 heavy (non-hydrogen) atoms. The van der Waals surface area contributed by atoms with Gasteiger partial charge in [-0.05, 0) is 30.0 Å². The summed E-state index contributed by atoms with van der Waals surface area (Å²) in [6.07, 6.45) is 0.525. The molecule has 0 fully saturated rings. The molecular weight excluding hydrogens is 352 g/mol. The van der Waals surface area contributed by atoms with Crippen molar-refractivity contribution in [3.05, 3.63) is 71.9 Å². The molecule has 146 valence electrons. The predicted molar refractivity (Wildman–Crippen MR) is 110 cm³/mol. The molecule has 0 aliphatic carbocycles. The maximum atomic E-state index is 13.1. The van der Waals surface area contributed by atoms with Gasteiger partial charge in [-0.1, -0.05) is 62.4 Å². The Hall–Kier alpha value is -3.08. The van der Waals surface area contributed by atoms with Crippen LogP contribution in [0.1, 0.15) is 36.3 Å². The SMILES string of the molecule is COC(=O)C(CC(C)C)NC(=O)c1cc2ccccc2n1Cc1ccccc1. The molecule has 5 heteroatoms. The number of methoxy groups -OCH3 is 1. The second-order valence-electron chi connectivity index (χ2n) is 7.34. The summed E-state index contributed by atoms with van der Waals surface area (Å²) in [7, 11) is 1.34. The number of hydrogen-bond donors (Lipinski definition) is 1. The lowest BCUT2D eigenvalue weighted by molar-refractivity contribution is -0.143. The van der Waals surface area contributed by atoms with E-state index in [0.29, 0.717) is 18.7 Å². The lowest BCUT2D eigenvalue weighted by Gasteiger charge is -2.19. The maximum absolute atomic E-state index is 13.1. The number of carbonyl (C=O) groups excluding carboxylic acids is 2. The summed E-state index contributed by atoms with van der Waals surface area (Å²) >= 11 is 0. The molecule has 0 radical (unpaired) electrons. The van der Waals surface area contributed by atoms with E-state index >= 15 is 0 Å². The Kier molecular flexibility index (Phi) is 6.14. The second-order valence-corrected chi connectivity index (χ2v) is 7.34. The number of aromatic nitrogens is 1. The molecular formula is C23H26N2O3. The van der Waals surface area contributed by atoms with E-state index in [0.717, 1.165) is 16.5 Å². The van der Waals surface area contributed by atoms with Gasteiger partial charge >= 0.3 is 5.97 Å². The van der Waals surface area contributed by atoms with Crippen LogP contribution in [0.15, 0.2) is 60.7 Å². The normalized spacial score (nSPS) is 12.1. The third-order valence-corrected chi connectivity index (χ3v) is 4.72. The Balaban J connectivity index is 1.95. The first-order chi connectivity index (χ1) is 13.5. The second kappa shape index (κ2) is 8.74. The number of rotatable bonds is 7. The molecule has 0 saturated heterocycles. The number of esters is 1. The molecule has 1 amide bonds. The first-order valence-corrected chi connectivity index (χ1v) is 9.50. The number of benzene rings is 2. The lowest BCUT2D eigenvalue weighted by Crippen LogP contribution is -2.43. The highest BCUT2D eigenvalue weighted by Gasteiger charge is 2.25. The molecule has 1 heterocycles. The average molecular weight is 378 g/mol. The summed E-state index contributed by atoms with van der Waals surface area (Å²) in [4.78, 5) is 25.2. The van der Waals surface area contributed by atoms with Crippen LogP contribution in [0.3, 0.4) is 0 Å². The number of carbonyl (C=O) groups is 2. The van der Waals surface area contributed by atoms with Crippen LogP contribution in [0.5, 0.6) is 0 Å². The monoisotopic (exact) mass is 378 g/mol. The fraction of sp³-hybridized carbons (Fsp3) is 0.304. The number of ether oxygens (including phenoxy) is 1. The number of amides is 1. The van der Waals surface area contributed by atoms with Gasteiger partial charge in [0.25, 0.3) is 5.91 Å². The summed E-state index contributed by atoms with van der Waals surface area (Å²) in [6, 6.07) is 19.1. The van der Waals surface area contributed by atoms with Crippen LogP contribution in [0.2, 0.25) is 0 Å². The van der Waals surface area contributed by atoms with Gasteiger partial charge in [-0.2, -0.15) is 0 Å². The Morgan fingerprint density at radius 3 is 2.39 bits per heavy atom. The van der Waals surface area contributed by atoms with Gasteiger partial charge in [0.1, 0.15) is 11.7 Å². The fourth-order valence-corrected chi connectivity index (χ4v) is 3.39. The molecule has 0 bridgehead atoms. The molecule has 0 aliphatic rings. The van der Waals surface area contributed by atoms with E-state index in [9.17, 15) is 9.59 Å². The van der Waals surface area contributed by atoms with Crippen LogP contribution in [-0.2, 0) is 16.1 Å². The van der Waals surface area contributed by atoms with Crippen molar-refractivity contribution in [2.45, 2.75) is 32.9 Å². The third-order valence-electron chi connectivity index (χ3n) is 4.72. The third kappa shape index (κ3) is 4.42. The zero-order chi connectivity index (χ0) is 20.1. The zero-order valence-corrected chi connectivity index (χ0v) is 16.5. The number of para-hydroxylation sites is 1. The predicted octanol–water partition coefficient (Wildman–Crippen LogP) is 4.01. The maximum Gasteiger partial charge on any atom is 0.328 e. The van der Waals surface area contributed by atoms with Crippen LogP contribution < -0.4 is 5.32 Å². The first-order valence-electron chi connectivity index (χ1n) is 9.50. The summed E-state index contributed by atoms with van der Waals surface area (Å²) in [5, 5.41) is 3.86. The molecule has 0 saturated carbocycles. The Labute approximate surface area is 165 Å². The number of nitrogens with zero attached hydrogens (tertiary/aromatic N) is 1. The van der Waals surface area contributed by atoms with Crippen molar-refractivity contribution in [2.75, 3.05) is 7.11 Å². The Morgan fingerprint density at radius 1 is 1.04 bits per heavy atom. The highest BCUT2D eigenvalue weighted by molar-refractivity contribution is 6.00. The largest absolute Gasteiger partial charge is 0.467 e. The van der Waals surface area contributed by atoms with Gasteiger partial charge in [0, 0.05) is 17.4 Å². The number of nitrogens with one attached hydrogen (secondary N) is 1. The summed E-state index contributed by atoms with van der Waals surface area (Å²) < 4.78 is 6.86. The molecule has 1 N–H and O–H groups in total. The van der Waals surface area contributed by atoms with Crippen LogP contribution in [-0.4, -0.2) is 29.6 Å². The Morgan fingerprint density at radius 2 is 1.71 bits per heavy atom. The van der Waals surface area contributed by atoms with Gasteiger partial charge in [-0.3, -0.25) is 4.79 Å². The van der Waals surface area contributed by atoms with Crippen molar-refractivity contribution >= 4 is 22.8 Å². The van der Waals surface area contributed by atoms with Crippen molar-refractivity contribution in [3.63, 3.8) is 0 Å². The van der Waals surface area contributed by atoms with Gasteiger partial charge in [-0.15, -0.1) is 0 Å². The smallest absolute Gasteiger partial charge is 0.328 e. The fourth-order valence-electron chi connectivity index (χ4n) is 3.39. The van der Waals surface area contributed by atoms with Crippen LogP contribution >= 0.6 is 0 Å². The minimum atomic E-state index is -0.666.